The fraction of sp³-hybridized carbons (Fsp3) is 0.833. The van der Waals surface area contributed by atoms with E-state index in [0.29, 0.717) is 0 Å². The van der Waals surface area contributed by atoms with Gasteiger partial charge in [0.05, 0.1) is 6.07 Å². The Morgan fingerprint density at radius 1 is 1.67 bits per heavy atom. The van der Waals surface area contributed by atoms with Crippen molar-refractivity contribution in [1.82, 2.24) is 0 Å². The molecule has 0 aromatic carbocycles. The van der Waals surface area contributed by atoms with Crippen molar-refractivity contribution in [2.24, 2.45) is 15.6 Å². The summed E-state index contributed by atoms with van der Waals surface area (Å²) in [6.07, 6.45) is 0.786. The van der Waals surface area contributed by atoms with Gasteiger partial charge in [-0.1, -0.05) is 6.92 Å². The molecule has 1 aliphatic rings. The van der Waals surface area contributed by atoms with E-state index in [-0.39, 0.29) is 11.6 Å². The van der Waals surface area contributed by atoms with Gasteiger partial charge in [0, 0.05) is 0 Å². The van der Waals surface area contributed by atoms with E-state index in [1.165, 1.54) is 0 Å². The lowest BCUT2D eigenvalue weighted by atomic mass is 9.88. The Bertz CT molecular complexity index is 173. The zero-order chi connectivity index (χ0) is 6.91. The zero-order valence-electron chi connectivity index (χ0n) is 5.63. The third-order valence-corrected chi connectivity index (χ3v) is 1.79. The molecule has 1 heterocycles. The standard InChI is InChI=1S/C6H9N3/c1-3-6(2,4-7)5-8-9-5/h5H,3H2,1-2H3. The van der Waals surface area contributed by atoms with E-state index in [0.717, 1.165) is 6.42 Å². The Morgan fingerprint density at radius 2 is 2.22 bits per heavy atom. The maximum absolute atomic E-state index is 8.63. The molecule has 0 saturated heterocycles. The molecule has 1 atom stereocenters. The first-order valence-electron chi connectivity index (χ1n) is 3.04. The van der Waals surface area contributed by atoms with E-state index in [9.17, 15) is 0 Å². The average molecular weight is 123 g/mol. The van der Waals surface area contributed by atoms with Gasteiger partial charge in [-0.15, -0.1) is 0 Å². The predicted octanol–water partition coefficient (Wildman–Crippen LogP) is 1.72. The fourth-order valence-corrected chi connectivity index (χ4v) is 0.608. The van der Waals surface area contributed by atoms with Crippen LogP contribution in [-0.4, -0.2) is 6.17 Å². The zero-order valence-corrected chi connectivity index (χ0v) is 5.63. The van der Waals surface area contributed by atoms with Crippen LogP contribution in [-0.2, 0) is 0 Å². The SMILES string of the molecule is CCC(C)(C#N)C1N=N1. The molecule has 0 fully saturated rings. The Balaban J connectivity index is 2.58. The summed E-state index contributed by atoms with van der Waals surface area (Å²) in [6, 6.07) is 2.20. The van der Waals surface area contributed by atoms with E-state index in [4.69, 9.17) is 5.26 Å². The molecule has 0 bridgehead atoms. The Labute approximate surface area is 54.4 Å². The van der Waals surface area contributed by atoms with Crippen molar-refractivity contribution < 1.29 is 0 Å². The van der Waals surface area contributed by atoms with Gasteiger partial charge < -0.3 is 0 Å². The maximum Gasteiger partial charge on any atom is 0.199 e. The number of nitrogens with zero attached hydrogens (tertiary/aromatic N) is 3. The van der Waals surface area contributed by atoms with Gasteiger partial charge in [-0.2, -0.15) is 15.5 Å². The molecule has 0 aromatic rings. The summed E-state index contributed by atoms with van der Waals surface area (Å²) in [5, 5.41) is 16.1. The topological polar surface area (TPSA) is 48.5 Å². The van der Waals surface area contributed by atoms with Crippen LogP contribution in [0.2, 0.25) is 0 Å². The molecule has 0 saturated carbocycles. The van der Waals surface area contributed by atoms with Crippen LogP contribution in [0, 0.1) is 16.7 Å². The molecule has 1 aliphatic heterocycles. The van der Waals surface area contributed by atoms with Crippen molar-refractivity contribution in [3.8, 4) is 6.07 Å². The summed E-state index contributed by atoms with van der Waals surface area (Å²) in [4.78, 5) is 0. The van der Waals surface area contributed by atoms with Crippen LogP contribution in [0.3, 0.4) is 0 Å². The summed E-state index contributed by atoms with van der Waals surface area (Å²) in [5.74, 6) is 0. The monoisotopic (exact) mass is 123 g/mol. The molecule has 0 N–H and O–H groups in total. The van der Waals surface area contributed by atoms with Gasteiger partial charge in [0.2, 0.25) is 0 Å². The summed E-state index contributed by atoms with van der Waals surface area (Å²) >= 11 is 0. The van der Waals surface area contributed by atoms with Gasteiger partial charge in [0.15, 0.2) is 6.17 Å². The van der Waals surface area contributed by atoms with Crippen molar-refractivity contribution in [1.29, 1.82) is 5.26 Å². The number of hydrogen-bond donors (Lipinski definition) is 0. The number of nitriles is 1. The first-order chi connectivity index (χ1) is 4.23. The second-order valence-corrected chi connectivity index (χ2v) is 2.49. The van der Waals surface area contributed by atoms with Crippen molar-refractivity contribution in [2.75, 3.05) is 0 Å². The molecule has 0 amide bonds. The molecule has 0 radical (unpaired) electrons. The van der Waals surface area contributed by atoms with Crippen LogP contribution in [0.1, 0.15) is 20.3 Å². The maximum atomic E-state index is 8.63. The molecule has 1 unspecified atom stereocenters. The average Bonchev–Trinajstić information content (AvgIpc) is 2.68. The molecular weight excluding hydrogens is 114 g/mol. The van der Waals surface area contributed by atoms with Gasteiger partial charge in [0.25, 0.3) is 0 Å². The summed E-state index contributed by atoms with van der Waals surface area (Å²) in [5.41, 5.74) is -0.333. The molecule has 3 nitrogen and oxygen atoms in total. The van der Waals surface area contributed by atoms with Crippen LogP contribution < -0.4 is 0 Å². The van der Waals surface area contributed by atoms with Gasteiger partial charge in [-0.25, -0.2) is 0 Å². The molecular formula is C6H9N3. The third kappa shape index (κ3) is 0.925. The second kappa shape index (κ2) is 1.80. The minimum absolute atomic E-state index is 0.0347. The Hall–Kier alpha value is -0.910. The minimum Gasteiger partial charge on any atom is -0.198 e. The van der Waals surface area contributed by atoms with Gasteiger partial charge in [0.1, 0.15) is 5.41 Å². The van der Waals surface area contributed by atoms with Crippen molar-refractivity contribution >= 4 is 0 Å². The molecule has 0 aliphatic carbocycles. The van der Waals surface area contributed by atoms with Crippen molar-refractivity contribution in [2.45, 2.75) is 26.4 Å². The number of rotatable bonds is 2. The summed E-state index contributed by atoms with van der Waals surface area (Å²) < 4.78 is 0. The lowest BCUT2D eigenvalue weighted by Gasteiger charge is -2.13. The van der Waals surface area contributed by atoms with Crippen LogP contribution >= 0.6 is 0 Å². The van der Waals surface area contributed by atoms with Gasteiger partial charge in [-0.3, -0.25) is 0 Å². The predicted molar refractivity (Wildman–Crippen MR) is 32.7 cm³/mol. The highest BCUT2D eigenvalue weighted by Crippen LogP contribution is 2.35. The summed E-state index contributed by atoms with van der Waals surface area (Å²) in [6.45, 7) is 3.87. The highest BCUT2D eigenvalue weighted by Gasteiger charge is 2.39. The highest BCUT2D eigenvalue weighted by atomic mass is 15.4. The molecule has 0 aromatic heterocycles. The largest absolute Gasteiger partial charge is 0.199 e. The molecule has 48 valence electrons. The van der Waals surface area contributed by atoms with Crippen molar-refractivity contribution in [3.63, 3.8) is 0 Å². The first kappa shape index (κ1) is 6.21. The fourth-order valence-electron chi connectivity index (χ4n) is 0.608. The molecule has 0 spiro atoms. The summed E-state index contributed by atoms with van der Waals surface area (Å²) in [7, 11) is 0. The van der Waals surface area contributed by atoms with Crippen LogP contribution in [0.4, 0.5) is 0 Å². The molecule has 9 heavy (non-hydrogen) atoms. The molecule has 1 rings (SSSR count). The van der Waals surface area contributed by atoms with Crippen LogP contribution in [0.15, 0.2) is 10.2 Å². The Kier molecular flexibility index (Phi) is 1.24. The minimum atomic E-state index is -0.333. The second-order valence-electron chi connectivity index (χ2n) is 2.49. The van der Waals surface area contributed by atoms with E-state index in [1.54, 1.807) is 0 Å². The van der Waals surface area contributed by atoms with Gasteiger partial charge in [-0.05, 0) is 13.3 Å². The van der Waals surface area contributed by atoms with E-state index in [1.807, 2.05) is 13.8 Å². The Morgan fingerprint density at radius 3 is 2.33 bits per heavy atom. The van der Waals surface area contributed by atoms with Crippen LogP contribution in [0.25, 0.3) is 0 Å². The normalized spacial score (nSPS) is 22.8. The lowest BCUT2D eigenvalue weighted by molar-refractivity contribution is 0.405. The smallest absolute Gasteiger partial charge is 0.198 e. The van der Waals surface area contributed by atoms with E-state index in [2.05, 4.69) is 16.3 Å². The molecule has 3 heteroatoms. The number of hydrogen-bond acceptors (Lipinski definition) is 3. The lowest BCUT2D eigenvalue weighted by Crippen LogP contribution is -2.19. The highest BCUT2D eigenvalue weighted by molar-refractivity contribution is 5.04. The third-order valence-electron chi connectivity index (χ3n) is 1.79. The van der Waals surface area contributed by atoms with Gasteiger partial charge >= 0.3 is 0 Å². The quantitative estimate of drug-likeness (QED) is 0.551. The van der Waals surface area contributed by atoms with Crippen molar-refractivity contribution in [3.05, 3.63) is 0 Å². The van der Waals surface area contributed by atoms with Crippen LogP contribution in [0.5, 0.6) is 0 Å². The first-order valence-corrected chi connectivity index (χ1v) is 3.04. The van der Waals surface area contributed by atoms with E-state index >= 15 is 0 Å². The van der Waals surface area contributed by atoms with E-state index < -0.39 is 0 Å².